The average Bonchev–Trinajstić information content (AvgIpc) is 2.60. The van der Waals surface area contributed by atoms with Gasteiger partial charge in [0.2, 0.25) is 5.91 Å². The van der Waals surface area contributed by atoms with E-state index in [1.807, 2.05) is 26.0 Å². The number of anilines is 1. The molecule has 0 bridgehead atoms. The number of pyridine rings is 1. The molecule has 1 saturated heterocycles. The van der Waals surface area contributed by atoms with Gasteiger partial charge in [0.25, 0.3) is 0 Å². The maximum Gasteiger partial charge on any atom is 0.231 e. The monoisotopic (exact) mass is 340 g/mol. The summed E-state index contributed by atoms with van der Waals surface area (Å²) in [6.07, 6.45) is 5.43. The zero-order chi connectivity index (χ0) is 17.8. The number of rotatable bonds is 5. The molecule has 3 heterocycles. The van der Waals surface area contributed by atoms with Crippen molar-refractivity contribution in [1.82, 2.24) is 19.9 Å². The molecule has 1 aliphatic rings. The SMILES string of the molecule is Cc1nc(-c2cccnc2)nc(NC2CCN(CC(N)=O)CC2)c1C. The normalized spacial score (nSPS) is 15.9. The van der Waals surface area contributed by atoms with Gasteiger partial charge >= 0.3 is 0 Å². The lowest BCUT2D eigenvalue weighted by Gasteiger charge is -2.32. The molecule has 0 aromatic carbocycles. The molecule has 25 heavy (non-hydrogen) atoms. The number of nitrogens with zero attached hydrogens (tertiary/aromatic N) is 4. The highest BCUT2D eigenvalue weighted by Gasteiger charge is 2.21. The quantitative estimate of drug-likeness (QED) is 0.856. The van der Waals surface area contributed by atoms with Gasteiger partial charge in [0.05, 0.1) is 6.54 Å². The third kappa shape index (κ3) is 4.30. The third-order valence-electron chi connectivity index (χ3n) is 4.62. The fourth-order valence-electron chi connectivity index (χ4n) is 3.04. The summed E-state index contributed by atoms with van der Waals surface area (Å²) in [6.45, 7) is 6.09. The molecular weight excluding hydrogens is 316 g/mol. The molecule has 2 aromatic rings. The maximum absolute atomic E-state index is 11.0. The van der Waals surface area contributed by atoms with Crippen LogP contribution < -0.4 is 11.1 Å². The van der Waals surface area contributed by atoms with Crippen LogP contribution in [0.1, 0.15) is 24.1 Å². The molecule has 1 aliphatic heterocycles. The van der Waals surface area contributed by atoms with E-state index in [1.165, 1.54) is 0 Å². The minimum atomic E-state index is -0.269. The highest BCUT2D eigenvalue weighted by molar-refractivity contribution is 5.75. The van der Waals surface area contributed by atoms with Gasteiger partial charge in [-0.05, 0) is 38.8 Å². The first kappa shape index (κ1) is 17.3. The van der Waals surface area contributed by atoms with E-state index in [-0.39, 0.29) is 5.91 Å². The topological polar surface area (TPSA) is 97.0 Å². The minimum absolute atomic E-state index is 0.269. The molecule has 0 atom stereocenters. The average molecular weight is 340 g/mol. The van der Waals surface area contributed by atoms with Gasteiger partial charge in [0, 0.05) is 48.3 Å². The fourth-order valence-corrected chi connectivity index (χ4v) is 3.04. The van der Waals surface area contributed by atoms with Crippen LogP contribution in [-0.2, 0) is 4.79 Å². The molecule has 0 saturated carbocycles. The zero-order valence-corrected chi connectivity index (χ0v) is 14.7. The number of hydrogen-bond donors (Lipinski definition) is 2. The van der Waals surface area contributed by atoms with Gasteiger partial charge in [-0.25, -0.2) is 9.97 Å². The van der Waals surface area contributed by atoms with Crippen LogP contribution in [0.2, 0.25) is 0 Å². The Kier molecular flexibility index (Phi) is 5.23. The molecule has 1 fully saturated rings. The Balaban J connectivity index is 1.72. The largest absolute Gasteiger partial charge is 0.369 e. The number of nitrogens with two attached hydrogens (primary N) is 1. The number of hydrogen-bond acceptors (Lipinski definition) is 6. The van der Waals surface area contributed by atoms with E-state index in [1.54, 1.807) is 12.4 Å². The second kappa shape index (κ2) is 7.57. The van der Waals surface area contributed by atoms with Gasteiger partial charge in [-0.15, -0.1) is 0 Å². The van der Waals surface area contributed by atoms with Crippen molar-refractivity contribution in [3.05, 3.63) is 35.8 Å². The summed E-state index contributed by atoms with van der Waals surface area (Å²) < 4.78 is 0. The van der Waals surface area contributed by atoms with Crippen LogP contribution >= 0.6 is 0 Å². The van der Waals surface area contributed by atoms with Crippen LogP contribution in [0, 0.1) is 13.8 Å². The lowest BCUT2D eigenvalue weighted by molar-refractivity contribution is -0.119. The summed E-state index contributed by atoms with van der Waals surface area (Å²) in [4.78, 5) is 26.6. The lowest BCUT2D eigenvalue weighted by atomic mass is 10.0. The second-order valence-corrected chi connectivity index (χ2v) is 6.51. The summed E-state index contributed by atoms with van der Waals surface area (Å²) in [5.41, 5.74) is 8.20. The first-order valence-electron chi connectivity index (χ1n) is 8.56. The van der Waals surface area contributed by atoms with Crippen LogP contribution in [0.3, 0.4) is 0 Å². The van der Waals surface area contributed by atoms with Gasteiger partial charge < -0.3 is 11.1 Å². The third-order valence-corrected chi connectivity index (χ3v) is 4.62. The molecule has 1 amide bonds. The van der Waals surface area contributed by atoms with Gasteiger partial charge in [0.1, 0.15) is 5.82 Å². The van der Waals surface area contributed by atoms with E-state index >= 15 is 0 Å². The number of nitrogens with one attached hydrogen (secondary N) is 1. The molecule has 0 aliphatic carbocycles. The van der Waals surface area contributed by atoms with Crippen molar-refractivity contribution >= 4 is 11.7 Å². The highest BCUT2D eigenvalue weighted by atomic mass is 16.1. The van der Waals surface area contributed by atoms with Crippen molar-refractivity contribution in [3.63, 3.8) is 0 Å². The van der Waals surface area contributed by atoms with Gasteiger partial charge in [0.15, 0.2) is 5.82 Å². The number of likely N-dealkylation sites (tertiary alicyclic amines) is 1. The van der Waals surface area contributed by atoms with Crippen molar-refractivity contribution in [2.24, 2.45) is 5.73 Å². The molecule has 2 aromatic heterocycles. The summed E-state index contributed by atoms with van der Waals surface area (Å²) in [5, 5.41) is 3.56. The number of primary amides is 1. The van der Waals surface area contributed by atoms with Crippen molar-refractivity contribution in [2.45, 2.75) is 32.7 Å². The molecule has 0 unspecified atom stereocenters. The standard InChI is InChI=1S/C18H24N6O/c1-12-13(2)21-18(14-4-3-7-20-10-14)23-17(12)22-15-5-8-24(9-6-15)11-16(19)25/h3-4,7,10,15H,5-6,8-9,11H2,1-2H3,(H2,19,25)(H,21,22,23). The van der Waals surface area contributed by atoms with E-state index in [2.05, 4.69) is 20.2 Å². The second-order valence-electron chi connectivity index (χ2n) is 6.51. The first-order valence-corrected chi connectivity index (χ1v) is 8.56. The summed E-state index contributed by atoms with van der Waals surface area (Å²) in [6, 6.07) is 4.18. The molecule has 3 N–H and O–H groups in total. The molecule has 3 rings (SSSR count). The van der Waals surface area contributed by atoms with Crippen molar-refractivity contribution < 1.29 is 4.79 Å². The van der Waals surface area contributed by atoms with Crippen LogP contribution in [0.4, 0.5) is 5.82 Å². The number of aryl methyl sites for hydroxylation is 1. The zero-order valence-electron chi connectivity index (χ0n) is 14.7. The van der Waals surface area contributed by atoms with E-state index in [9.17, 15) is 4.79 Å². The predicted molar refractivity (Wildman–Crippen MR) is 97.0 cm³/mol. The number of carbonyl (C=O) groups excluding carboxylic acids is 1. The Morgan fingerprint density at radius 1 is 1.32 bits per heavy atom. The molecule has 0 radical (unpaired) electrons. The van der Waals surface area contributed by atoms with Crippen LogP contribution in [0.5, 0.6) is 0 Å². The Labute approximate surface area is 147 Å². The van der Waals surface area contributed by atoms with Crippen molar-refractivity contribution in [1.29, 1.82) is 0 Å². The van der Waals surface area contributed by atoms with Crippen LogP contribution in [-0.4, -0.2) is 51.4 Å². The van der Waals surface area contributed by atoms with Gasteiger partial charge in [-0.3, -0.25) is 14.7 Å². The Hall–Kier alpha value is -2.54. The fraction of sp³-hybridized carbons (Fsp3) is 0.444. The summed E-state index contributed by atoms with van der Waals surface area (Å²) >= 11 is 0. The smallest absolute Gasteiger partial charge is 0.231 e. The van der Waals surface area contributed by atoms with Crippen LogP contribution in [0.25, 0.3) is 11.4 Å². The number of aromatic nitrogens is 3. The molecule has 0 spiro atoms. The Morgan fingerprint density at radius 2 is 2.08 bits per heavy atom. The van der Waals surface area contributed by atoms with Crippen LogP contribution in [0.15, 0.2) is 24.5 Å². The van der Waals surface area contributed by atoms with Gasteiger partial charge in [-0.2, -0.15) is 0 Å². The van der Waals surface area contributed by atoms with E-state index in [0.29, 0.717) is 18.4 Å². The number of piperidine rings is 1. The van der Waals surface area contributed by atoms with Crippen molar-refractivity contribution in [3.8, 4) is 11.4 Å². The Morgan fingerprint density at radius 3 is 2.72 bits per heavy atom. The first-order chi connectivity index (χ1) is 12.0. The molecule has 132 valence electrons. The molecule has 7 heteroatoms. The minimum Gasteiger partial charge on any atom is -0.369 e. The summed E-state index contributed by atoms with van der Waals surface area (Å²) in [5.74, 6) is 1.29. The summed E-state index contributed by atoms with van der Waals surface area (Å²) in [7, 11) is 0. The number of carbonyl (C=O) groups is 1. The van der Waals surface area contributed by atoms with E-state index < -0.39 is 0 Å². The number of amides is 1. The van der Waals surface area contributed by atoms with E-state index in [0.717, 1.165) is 48.6 Å². The highest BCUT2D eigenvalue weighted by Crippen LogP contribution is 2.23. The van der Waals surface area contributed by atoms with Gasteiger partial charge in [-0.1, -0.05) is 0 Å². The maximum atomic E-state index is 11.0. The van der Waals surface area contributed by atoms with E-state index in [4.69, 9.17) is 10.7 Å². The lowest BCUT2D eigenvalue weighted by Crippen LogP contribution is -2.43. The molecule has 7 nitrogen and oxygen atoms in total. The van der Waals surface area contributed by atoms with Crippen molar-refractivity contribution in [2.75, 3.05) is 25.0 Å². The Bertz CT molecular complexity index is 741. The predicted octanol–water partition coefficient (Wildman–Crippen LogP) is 1.52. The molecular formula is C18H24N6O.